The first-order valence-electron chi connectivity index (χ1n) is 8.06. The fourth-order valence-corrected chi connectivity index (χ4v) is 2.69. The molecule has 0 atom stereocenters. The van der Waals surface area contributed by atoms with Crippen LogP contribution in [0, 0.1) is 6.92 Å². The van der Waals surface area contributed by atoms with Crippen LogP contribution in [0.15, 0.2) is 46.9 Å². The van der Waals surface area contributed by atoms with Gasteiger partial charge in [-0.1, -0.05) is 22.0 Å². The molecule has 6 heteroatoms. The highest BCUT2D eigenvalue weighted by atomic mass is 79.9. The summed E-state index contributed by atoms with van der Waals surface area (Å²) in [5, 5.41) is 5.57. The first-order chi connectivity index (χ1) is 12.0. The summed E-state index contributed by atoms with van der Waals surface area (Å²) >= 11 is 3.33. The molecule has 2 N–H and O–H groups in total. The van der Waals surface area contributed by atoms with E-state index in [4.69, 9.17) is 4.74 Å². The van der Waals surface area contributed by atoms with Crippen LogP contribution in [0.4, 0.5) is 0 Å². The lowest BCUT2D eigenvalue weighted by Gasteiger charge is -2.10. The molecule has 2 aromatic rings. The summed E-state index contributed by atoms with van der Waals surface area (Å²) in [4.78, 5) is 24.2. The van der Waals surface area contributed by atoms with Crippen molar-refractivity contribution in [3.63, 3.8) is 0 Å². The van der Waals surface area contributed by atoms with Gasteiger partial charge >= 0.3 is 0 Å². The lowest BCUT2D eigenvalue weighted by molar-refractivity contribution is 0.0927. The molecule has 0 saturated carbocycles. The number of nitrogens with one attached hydrogen (secondary N) is 2. The number of benzene rings is 2. The van der Waals surface area contributed by atoms with E-state index in [2.05, 4.69) is 26.6 Å². The van der Waals surface area contributed by atoms with Gasteiger partial charge in [-0.25, -0.2) is 0 Å². The Kier molecular flexibility index (Phi) is 7.01. The molecule has 25 heavy (non-hydrogen) atoms. The van der Waals surface area contributed by atoms with Gasteiger partial charge in [-0.05, 0) is 55.8 Å². The lowest BCUT2D eigenvalue weighted by atomic mass is 10.1. The van der Waals surface area contributed by atoms with E-state index < -0.39 is 0 Å². The van der Waals surface area contributed by atoms with E-state index in [1.165, 1.54) is 0 Å². The first kappa shape index (κ1) is 19.0. The smallest absolute Gasteiger partial charge is 0.251 e. The number of rotatable bonds is 7. The minimum atomic E-state index is -0.178. The summed E-state index contributed by atoms with van der Waals surface area (Å²) in [6.45, 7) is 5.12. The van der Waals surface area contributed by atoms with Gasteiger partial charge in [-0.3, -0.25) is 9.59 Å². The third-order valence-corrected chi connectivity index (χ3v) is 4.01. The van der Waals surface area contributed by atoms with Gasteiger partial charge in [0.05, 0.1) is 6.61 Å². The quantitative estimate of drug-likeness (QED) is 0.695. The van der Waals surface area contributed by atoms with E-state index >= 15 is 0 Å². The van der Waals surface area contributed by atoms with Gasteiger partial charge in [0.15, 0.2) is 0 Å². The van der Waals surface area contributed by atoms with Gasteiger partial charge in [0.2, 0.25) is 0 Å². The van der Waals surface area contributed by atoms with Crippen LogP contribution < -0.4 is 15.4 Å². The van der Waals surface area contributed by atoms with Crippen molar-refractivity contribution in [2.45, 2.75) is 13.8 Å². The molecular weight excluding hydrogens is 384 g/mol. The first-order valence-corrected chi connectivity index (χ1v) is 8.86. The molecule has 2 amide bonds. The van der Waals surface area contributed by atoms with Gasteiger partial charge in [0.25, 0.3) is 11.8 Å². The fourth-order valence-electron chi connectivity index (χ4n) is 2.29. The number of hydrogen-bond acceptors (Lipinski definition) is 3. The van der Waals surface area contributed by atoms with E-state index in [-0.39, 0.29) is 11.8 Å². The van der Waals surface area contributed by atoms with Crippen molar-refractivity contribution in [2.24, 2.45) is 0 Å². The molecule has 0 aliphatic rings. The second kappa shape index (κ2) is 9.22. The average molecular weight is 405 g/mol. The maximum Gasteiger partial charge on any atom is 0.251 e. The second-order valence-corrected chi connectivity index (χ2v) is 6.35. The number of amides is 2. The third-order valence-electron chi connectivity index (χ3n) is 3.52. The Balaban J connectivity index is 1.80. The summed E-state index contributed by atoms with van der Waals surface area (Å²) < 4.78 is 6.31. The predicted molar refractivity (Wildman–Crippen MR) is 101 cm³/mol. The molecule has 0 bridgehead atoms. The van der Waals surface area contributed by atoms with Crippen molar-refractivity contribution in [3.8, 4) is 5.75 Å². The SMILES string of the molecule is CCOc1ccc(C(=O)NCCNC(=O)c2cccc(Br)c2)cc1C. The molecule has 0 unspecified atom stereocenters. The highest BCUT2D eigenvalue weighted by Crippen LogP contribution is 2.19. The molecule has 2 rings (SSSR count). The molecule has 2 aromatic carbocycles. The number of carbonyl (C=O) groups excluding carboxylic acids is 2. The molecule has 0 spiro atoms. The standard InChI is InChI=1S/C19H21BrN2O3/c1-3-25-17-8-7-15(11-13(17)2)19(24)22-10-9-21-18(23)14-5-4-6-16(20)12-14/h4-8,11-12H,3,9-10H2,1-2H3,(H,21,23)(H,22,24). The second-order valence-electron chi connectivity index (χ2n) is 5.44. The molecule has 0 fully saturated rings. The molecule has 0 aromatic heterocycles. The number of aryl methyl sites for hydroxylation is 1. The molecule has 0 saturated heterocycles. The van der Waals surface area contributed by atoms with Crippen LogP contribution in [0.2, 0.25) is 0 Å². The Bertz CT molecular complexity index is 762. The Morgan fingerprint density at radius 2 is 1.64 bits per heavy atom. The van der Waals surface area contributed by atoms with Crippen molar-refractivity contribution in [1.82, 2.24) is 10.6 Å². The van der Waals surface area contributed by atoms with Gasteiger partial charge in [0, 0.05) is 28.7 Å². The van der Waals surface area contributed by atoms with Crippen molar-refractivity contribution in [2.75, 3.05) is 19.7 Å². The molecule has 0 aliphatic carbocycles. The minimum absolute atomic E-state index is 0.174. The monoisotopic (exact) mass is 404 g/mol. The Morgan fingerprint density at radius 1 is 1.00 bits per heavy atom. The molecule has 132 valence electrons. The molecular formula is C19H21BrN2O3. The maximum absolute atomic E-state index is 12.2. The number of ether oxygens (including phenoxy) is 1. The van der Waals surface area contributed by atoms with E-state index in [0.717, 1.165) is 15.8 Å². The Morgan fingerprint density at radius 3 is 2.20 bits per heavy atom. The zero-order valence-electron chi connectivity index (χ0n) is 14.3. The van der Waals surface area contributed by atoms with Crippen molar-refractivity contribution in [3.05, 3.63) is 63.6 Å². The normalized spacial score (nSPS) is 10.2. The predicted octanol–water partition coefficient (Wildman–Crippen LogP) is 3.32. The Labute approximate surface area is 155 Å². The largest absolute Gasteiger partial charge is 0.494 e. The Hall–Kier alpha value is -2.34. The number of halogens is 1. The minimum Gasteiger partial charge on any atom is -0.494 e. The summed E-state index contributed by atoms with van der Waals surface area (Å²) in [7, 11) is 0. The van der Waals surface area contributed by atoms with Crippen molar-refractivity contribution < 1.29 is 14.3 Å². The van der Waals surface area contributed by atoms with Gasteiger partial charge in [-0.2, -0.15) is 0 Å². The van der Waals surface area contributed by atoms with Gasteiger partial charge in [-0.15, -0.1) is 0 Å². The highest BCUT2D eigenvalue weighted by Gasteiger charge is 2.09. The third kappa shape index (κ3) is 5.60. The van der Waals surface area contributed by atoms with Crippen LogP contribution >= 0.6 is 15.9 Å². The molecule has 5 nitrogen and oxygen atoms in total. The fraction of sp³-hybridized carbons (Fsp3) is 0.263. The van der Waals surface area contributed by atoms with Crippen LogP contribution in [-0.4, -0.2) is 31.5 Å². The summed E-state index contributed by atoms with van der Waals surface area (Å²) in [5.74, 6) is 0.427. The van der Waals surface area contributed by atoms with E-state index in [9.17, 15) is 9.59 Å². The van der Waals surface area contributed by atoms with E-state index in [1.54, 1.807) is 36.4 Å². The van der Waals surface area contributed by atoms with Crippen LogP contribution in [0.3, 0.4) is 0 Å². The van der Waals surface area contributed by atoms with E-state index in [1.807, 2.05) is 19.9 Å². The molecule has 0 heterocycles. The van der Waals surface area contributed by atoms with Gasteiger partial charge < -0.3 is 15.4 Å². The lowest BCUT2D eigenvalue weighted by Crippen LogP contribution is -2.34. The van der Waals surface area contributed by atoms with Crippen LogP contribution in [0.1, 0.15) is 33.2 Å². The zero-order valence-corrected chi connectivity index (χ0v) is 15.9. The van der Waals surface area contributed by atoms with Crippen molar-refractivity contribution in [1.29, 1.82) is 0 Å². The summed E-state index contributed by atoms with van der Waals surface area (Å²) in [6.07, 6.45) is 0. The van der Waals surface area contributed by atoms with Gasteiger partial charge in [0.1, 0.15) is 5.75 Å². The zero-order chi connectivity index (χ0) is 18.2. The summed E-state index contributed by atoms with van der Waals surface area (Å²) in [6, 6.07) is 12.5. The number of hydrogen-bond donors (Lipinski definition) is 2. The molecule has 0 aliphatic heterocycles. The van der Waals surface area contributed by atoms with Crippen LogP contribution in [0.25, 0.3) is 0 Å². The maximum atomic E-state index is 12.2. The van der Waals surface area contributed by atoms with Crippen molar-refractivity contribution >= 4 is 27.7 Å². The highest BCUT2D eigenvalue weighted by molar-refractivity contribution is 9.10. The van der Waals surface area contributed by atoms with Crippen LogP contribution in [0.5, 0.6) is 5.75 Å². The molecule has 0 radical (unpaired) electrons. The average Bonchev–Trinajstić information content (AvgIpc) is 2.60. The topological polar surface area (TPSA) is 67.4 Å². The van der Waals surface area contributed by atoms with E-state index in [0.29, 0.717) is 30.8 Å². The summed E-state index contributed by atoms with van der Waals surface area (Å²) in [5.41, 5.74) is 2.06. The van der Waals surface area contributed by atoms with Crippen LogP contribution in [-0.2, 0) is 0 Å². The number of carbonyl (C=O) groups is 2.